The molecule has 0 aliphatic heterocycles. The van der Waals surface area contributed by atoms with E-state index in [9.17, 15) is 0 Å². The molecule has 2 aromatic carbocycles. The fourth-order valence-corrected chi connectivity index (χ4v) is 4.56. The minimum absolute atomic E-state index is 0.670. The molecule has 1 fully saturated rings. The zero-order chi connectivity index (χ0) is 21.0. The molecule has 0 heterocycles. The lowest BCUT2D eigenvalue weighted by Gasteiger charge is -2.29. The predicted molar refractivity (Wildman–Crippen MR) is 130 cm³/mol. The summed E-state index contributed by atoms with van der Waals surface area (Å²) in [7, 11) is 0. The Kier molecular flexibility index (Phi) is 9.44. The van der Waals surface area contributed by atoms with Gasteiger partial charge in [-0.3, -0.25) is 0 Å². The van der Waals surface area contributed by atoms with Crippen LogP contribution in [0.2, 0.25) is 0 Å². The zero-order valence-corrected chi connectivity index (χ0v) is 18.7. The van der Waals surface area contributed by atoms with E-state index >= 15 is 0 Å². The Hall–Kier alpha value is -2.12. The Balaban J connectivity index is 1.48. The summed E-state index contributed by atoms with van der Waals surface area (Å²) in [5.74, 6) is 1.68. The monoisotopic (exact) mass is 402 g/mol. The van der Waals surface area contributed by atoms with Crippen LogP contribution in [0.3, 0.4) is 0 Å². The molecule has 1 aliphatic rings. The SMILES string of the molecule is C=CCCC[C@H]1CC[C@H](c2ccc(-c3ccc(COC/C=C/CC)cc3)cc2)CC1. The maximum atomic E-state index is 5.69. The Morgan fingerprint density at radius 3 is 2.20 bits per heavy atom. The fraction of sp³-hybridized carbons (Fsp3) is 0.448. The maximum absolute atomic E-state index is 5.69. The third-order valence-corrected chi connectivity index (χ3v) is 6.42. The van der Waals surface area contributed by atoms with Gasteiger partial charge in [-0.25, -0.2) is 0 Å². The molecule has 160 valence electrons. The molecule has 0 N–H and O–H groups in total. The molecule has 0 bridgehead atoms. The highest BCUT2D eigenvalue weighted by atomic mass is 16.5. The first kappa shape index (κ1) is 22.6. The summed E-state index contributed by atoms with van der Waals surface area (Å²) in [6, 6.07) is 18.1. The Labute approximate surface area is 183 Å². The van der Waals surface area contributed by atoms with Crippen LogP contribution in [0.25, 0.3) is 11.1 Å². The van der Waals surface area contributed by atoms with E-state index in [2.05, 4.69) is 80.3 Å². The Morgan fingerprint density at radius 1 is 0.900 bits per heavy atom. The summed E-state index contributed by atoms with van der Waals surface area (Å²) >= 11 is 0. The molecule has 0 spiro atoms. The Bertz CT molecular complexity index is 761. The first-order valence-electron chi connectivity index (χ1n) is 11.8. The van der Waals surface area contributed by atoms with Gasteiger partial charge in [0, 0.05) is 0 Å². The molecule has 0 atom stereocenters. The van der Waals surface area contributed by atoms with Crippen LogP contribution in [0.15, 0.2) is 73.3 Å². The van der Waals surface area contributed by atoms with Crippen molar-refractivity contribution in [3.63, 3.8) is 0 Å². The average molecular weight is 403 g/mol. The second-order valence-corrected chi connectivity index (χ2v) is 8.65. The van der Waals surface area contributed by atoms with Crippen molar-refractivity contribution < 1.29 is 4.74 Å². The van der Waals surface area contributed by atoms with E-state index in [1.165, 1.54) is 67.2 Å². The van der Waals surface area contributed by atoms with Gasteiger partial charge in [-0.05, 0) is 79.0 Å². The number of hydrogen-bond acceptors (Lipinski definition) is 1. The minimum Gasteiger partial charge on any atom is -0.373 e. The van der Waals surface area contributed by atoms with Crippen molar-refractivity contribution in [1.82, 2.24) is 0 Å². The number of ether oxygens (including phenoxy) is 1. The summed E-state index contributed by atoms with van der Waals surface area (Å²) < 4.78 is 5.69. The quantitative estimate of drug-likeness (QED) is 0.270. The van der Waals surface area contributed by atoms with Crippen molar-refractivity contribution in [1.29, 1.82) is 0 Å². The van der Waals surface area contributed by atoms with Gasteiger partial charge < -0.3 is 4.74 Å². The van der Waals surface area contributed by atoms with E-state index in [1.807, 2.05) is 0 Å². The molecule has 0 saturated heterocycles. The first-order valence-corrected chi connectivity index (χ1v) is 11.8. The highest BCUT2D eigenvalue weighted by Crippen LogP contribution is 2.38. The molecule has 0 radical (unpaired) electrons. The van der Waals surface area contributed by atoms with Gasteiger partial charge in [-0.15, -0.1) is 6.58 Å². The van der Waals surface area contributed by atoms with Crippen LogP contribution in [0.5, 0.6) is 0 Å². The minimum atomic E-state index is 0.670. The molecular formula is C29H38O. The topological polar surface area (TPSA) is 9.23 Å². The van der Waals surface area contributed by atoms with Crippen molar-refractivity contribution in [2.75, 3.05) is 6.61 Å². The molecule has 1 saturated carbocycles. The average Bonchev–Trinajstić information content (AvgIpc) is 2.80. The highest BCUT2D eigenvalue weighted by Gasteiger charge is 2.21. The largest absolute Gasteiger partial charge is 0.373 e. The van der Waals surface area contributed by atoms with Crippen LogP contribution in [-0.4, -0.2) is 6.61 Å². The number of allylic oxidation sites excluding steroid dienone is 2. The molecular weight excluding hydrogens is 364 g/mol. The lowest BCUT2D eigenvalue weighted by atomic mass is 9.77. The number of rotatable bonds is 11. The van der Waals surface area contributed by atoms with Crippen molar-refractivity contribution >= 4 is 0 Å². The van der Waals surface area contributed by atoms with Crippen molar-refractivity contribution in [2.45, 2.75) is 70.8 Å². The molecule has 0 aromatic heterocycles. The molecule has 30 heavy (non-hydrogen) atoms. The van der Waals surface area contributed by atoms with Gasteiger partial charge in [0.15, 0.2) is 0 Å². The summed E-state index contributed by atoms with van der Waals surface area (Å²) in [6.45, 7) is 7.34. The van der Waals surface area contributed by atoms with Crippen molar-refractivity contribution in [3.05, 3.63) is 84.5 Å². The van der Waals surface area contributed by atoms with E-state index in [4.69, 9.17) is 4.74 Å². The van der Waals surface area contributed by atoms with Gasteiger partial charge in [-0.2, -0.15) is 0 Å². The van der Waals surface area contributed by atoms with Crippen LogP contribution >= 0.6 is 0 Å². The van der Waals surface area contributed by atoms with E-state index in [1.54, 1.807) is 0 Å². The van der Waals surface area contributed by atoms with Gasteiger partial charge in [0.1, 0.15) is 0 Å². The van der Waals surface area contributed by atoms with E-state index in [0.717, 1.165) is 18.3 Å². The van der Waals surface area contributed by atoms with Crippen molar-refractivity contribution in [2.24, 2.45) is 5.92 Å². The summed E-state index contributed by atoms with van der Waals surface area (Å²) in [4.78, 5) is 0. The first-order chi connectivity index (χ1) is 14.8. The van der Waals surface area contributed by atoms with E-state index in [0.29, 0.717) is 13.2 Å². The zero-order valence-electron chi connectivity index (χ0n) is 18.7. The molecule has 3 rings (SSSR count). The Morgan fingerprint density at radius 2 is 1.57 bits per heavy atom. The fourth-order valence-electron chi connectivity index (χ4n) is 4.56. The van der Waals surface area contributed by atoms with Crippen LogP contribution in [0, 0.1) is 5.92 Å². The van der Waals surface area contributed by atoms with Crippen LogP contribution in [-0.2, 0) is 11.3 Å². The highest BCUT2D eigenvalue weighted by molar-refractivity contribution is 5.64. The lowest BCUT2D eigenvalue weighted by molar-refractivity contribution is 0.148. The molecule has 1 aliphatic carbocycles. The second-order valence-electron chi connectivity index (χ2n) is 8.65. The smallest absolute Gasteiger partial charge is 0.0721 e. The standard InChI is InChI=1S/C29H38O/c1-3-5-7-9-24-10-14-26(15-11-24)28-18-20-29(21-19-28)27-16-12-25(13-17-27)23-30-22-8-6-4-2/h3,6,8,12-13,16-21,24,26H,1,4-5,7,9-11,14-15,22-23H2,2H3/b8-6+/t24-,26-. The summed E-state index contributed by atoms with van der Waals surface area (Å²) in [5, 5.41) is 0. The van der Waals surface area contributed by atoms with Gasteiger partial charge >= 0.3 is 0 Å². The summed E-state index contributed by atoms with van der Waals surface area (Å²) in [6.07, 6.45) is 16.7. The molecule has 0 unspecified atom stereocenters. The molecule has 0 amide bonds. The van der Waals surface area contributed by atoms with Crippen molar-refractivity contribution in [3.8, 4) is 11.1 Å². The second kappa shape index (κ2) is 12.5. The third kappa shape index (κ3) is 6.99. The summed E-state index contributed by atoms with van der Waals surface area (Å²) in [5.41, 5.74) is 5.33. The molecule has 2 aromatic rings. The van der Waals surface area contributed by atoms with Gasteiger partial charge in [0.2, 0.25) is 0 Å². The lowest BCUT2D eigenvalue weighted by Crippen LogP contribution is -2.13. The van der Waals surface area contributed by atoms with Crippen LogP contribution in [0.4, 0.5) is 0 Å². The van der Waals surface area contributed by atoms with Gasteiger partial charge in [0.25, 0.3) is 0 Å². The number of unbranched alkanes of at least 4 members (excludes halogenated alkanes) is 1. The van der Waals surface area contributed by atoms with E-state index < -0.39 is 0 Å². The van der Waals surface area contributed by atoms with Gasteiger partial charge in [0.05, 0.1) is 13.2 Å². The normalized spacial score (nSPS) is 19.2. The van der Waals surface area contributed by atoms with Crippen LogP contribution in [0.1, 0.15) is 75.3 Å². The molecule has 1 heteroatoms. The van der Waals surface area contributed by atoms with Gasteiger partial charge in [-0.1, -0.05) is 80.1 Å². The number of benzene rings is 2. The number of hydrogen-bond donors (Lipinski definition) is 0. The van der Waals surface area contributed by atoms with Crippen LogP contribution < -0.4 is 0 Å². The van der Waals surface area contributed by atoms with E-state index in [-0.39, 0.29) is 0 Å². The molecule has 1 nitrogen and oxygen atoms in total. The third-order valence-electron chi connectivity index (χ3n) is 6.42. The predicted octanol–water partition coefficient (Wildman–Crippen LogP) is 8.47. The maximum Gasteiger partial charge on any atom is 0.0721 e.